The van der Waals surface area contributed by atoms with E-state index in [0.29, 0.717) is 11.4 Å². The van der Waals surface area contributed by atoms with E-state index >= 15 is 0 Å². The summed E-state index contributed by atoms with van der Waals surface area (Å²) in [6, 6.07) is 0.862. The first kappa shape index (κ1) is 62.1. The molecule has 4 fully saturated rings. The molecule has 312 valence electrons. The number of nitrogens with one attached hydrogen (secondary N) is 3. The average molecular weight is 896 g/mol. The number of nitrogens with zero attached hydrogens (tertiary/aromatic N) is 2. The number of piperidine rings is 3. The van der Waals surface area contributed by atoms with Crippen molar-refractivity contribution in [1.29, 1.82) is 0 Å². The Morgan fingerprint density at radius 2 is 1.11 bits per heavy atom. The summed E-state index contributed by atoms with van der Waals surface area (Å²) in [7, 11) is 0. The Labute approximate surface area is 420 Å². The van der Waals surface area contributed by atoms with Gasteiger partial charge in [0.15, 0.2) is 0 Å². The van der Waals surface area contributed by atoms with Crippen molar-refractivity contribution >= 4 is 34.6 Å². The standard InChI is InChI=1S/C12H24N2O3.C10H20N2O2.C7H16N2O.C3H6.C2H5BrO.CH2O3.2K.H/c1-12(2,3)17-11(16)13-10-4-6-14(7-5-10)8-9-15;1-10(2,3)14-9(13)12-8-4-6-11-7-5-8;8-7-1-3-9(4-2-7)5-6-10;1-2-3-1;3-1-2-4;2-1-4-3;;;/h10,15H,4-9H2,1-3H3,(H,13,16);8,11H,4-7H2,1-3H3,(H,12,13);7,10H,1-6,8H2;1-3H2;4H,1-2H2;1,3H;;;/q;;;;;;2*+1;-1/p-1. The number of nitrogens with two attached hydrogens (primary N) is 1. The molecular formula is C35H73BrK2N6O10. The molecule has 0 aromatic carbocycles. The summed E-state index contributed by atoms with van der Waals surface area (Å²) in [5, 5.41) is 43.4. The molecule has 16 nitrogen and oxygen atoms in total. The summed E-state index contributed by atoms with van der Waals surface area (Å²) in [5.41, 5.74) is 4.86. The molecule has 19 heteroatoms. The number of halogens is 1. The quantitative estimate of drug-likeness (QED) is 0.0403. The van der Waals surface area contributed by atoms with Crippen molar-refractivity contribution in [2.45, 2.75) is 129 Å². The molecule has 2 amide bonds. The van der Waals surface area contributed by atoms with Crippen LogP contribution in [0.2, 0.25) is 0 Å². The predicted molar refractivity (Wildman–Crippen MR) is 205 cm³/mol. The van der Waals surface area contributed by atoms with Gasteiger partial charge in [0, 0.05) is 49.6 Å². The Morgan fingerprint density at radius 1 is 0.778 bits per heavy atom. The Balaban J connectivity index is -0.000000198. The smallest absolute Gasteiger partial charge is 1.00 e. The van der Waals surface area contributed by atoms with E-state index in [9.17, 15) is 9.59 Å². The molecule has 0 radical (unpaired) electrons. The molecule has 0 aromatic heterocycles. The number of carbonyl (C=O) groups excluding carboxylic acids is 3. The van der Waals surface area contributed by atoms with Gasteiger partial charge in [0.1, 0.15) is 11.2 Å². The number of β-amino-alcohol motifs (C(OH)–C–C–N with tert-alkyl or cyclic N) is 2. The molecule has 1 saturated carbocycles. The number of hydrogen-bond donors (Lipinski definition) is 7. The van der Waals surface area contributed by atoms with E-state index in [1.807, 2.05) is 41.5 Å². The van der Waals surface area contributed by atoms with Gasteiger partial charge in [-0.2, -0.15) is 0 Å². The summed E-state index contributed by atoms with van der Waals surface area (Å²) in [5.74, 6) is 0. The number of alkyl carbamates (subject to hydrolysis) is 2. The van der Waals surface area contributed by atoms with Crippen LogP contribution >= 0.6 is 15.9 Å². The maximum atomic E-state index is 11.5. The molecule has 3 saturated heterocycles. The molecule has 8 N–H and O–H groups in total. The fourth-order valence-electron chi connectivity index (χ4n) is 4.67. The summed E-state index contributed by atoms with van der Waals surface area (Å²) in [6.45, 7) is 19.1. The number of hydrogen-bond acceptors (Lipinski definition) is 14. The fourth-order valence-corrected chi connectivity index (χ4v) is 4.67. The van der Waals surface area contributed by atoms with Crippen LogP contribution in [0.15, 0.2) is 0 Å². The molecule has 0 aromatic rings. The van der Waals surface area contributed by atoms with Crippen LogP contribution in [0.3, 0.4) is 0 Å². The SMILES string of the molecule is C1CC1.CC(C)(C)OC(=O)NC1CCN(CCO)CC1.CC(C)(C)OC(=O)NC1CCNCC1.NC1CCN(CCO)CC1.O=CO[O-].OCCBr.[H-].[K+].[K+]. The van der Waals surface area contributed by atoms with Crippen LogP contribution in [-0.4, -0.2) is 151 Å². The largest absolute Gasteiger partial charge is 1.00 e. The molecule has 3 heterocycles. The summed E-state index contributed by atoms with van der Waals surface area (Å²) in [4.78, 5) is 38.6. The molecule has 3 aliphatic heterocycles. The third-order valence-electron chi connectivity index (χ3n) is 7.31. The van der Waals surface area contributed by atoms with Crippen molar-refractivity contribution in [2.24, 2.45) is 5.73 Å². The molecule has 1 aliphatic carbocycles. The van der Waals surface area contributed by atoms with Crippen LogP contribution < -0.4 is 130 Å². The Morgan fingerprint density at radius 3 is 1.39 bits per heavy atom. The van der Waals surface area contributed by atoms with Crippen molar-refractivity contribution in [3.63, 3.8) is 0 Å². The monoisotopic (exact) mass is 894 g/mol. The van der Waals surface area contributed by atoms with Gasteiger partial charge < -0.3 is 67.8 Å². The minimum atomic E-state index is -0.443. The normalized spacial score (nSPS) is 17.6. The van der Waals surface area contributed by atoms with Gasteiger partial charge in [-0.25, -0.2) is 9.59 Å². The Hall–Kier alpha value is 1.44. The Kier molecular flexibility index (Phi) is 45.9. The number of amides is 2. The van der Waals surface area contributed by atoms with Crippen LogP contribution in [0, 0.1) is 0 Å². The van der Waals surface area contributed by atoms with Gasteiger partial charge in [0.05, 0.1) is 19.8 Å². The second kappa shape index (κ2) is 39.9. The van der Waals surface area contributed by atoms with E-state index in [1.165, 1.54) is 19.3 Å². The van der Waals surface area contributed by atoms with Crippen molar-refractivity contribution < 1.29 is 154 Å². The van der Waals surface area contributed by atoms with Gasteiger partial charge in [0.25, 0.3) is 6.47 Å². The molecule has 54 heavy (non-hydrogen) atoms. The van der Waals surface area contributed by atoms with Crippen molar-refractivity contribution in [2.75, 3.05) is 77.5 Å². The van der Waals surface area contributed by atoms with E-state index in [1.54, 1.807) is 0 Å². The van der Waals surface area contributed by atoms with Crippen LogP contribution in [0.1, 0.15) is 101 Å². The first-order chi connectivity index (χ1) is 24.5. The van der Waals surface area contributed by atoms with Crippen molar-refractivity contribution in [3.8, 4) is 0 Å². The van der Waals surface area contributed by atoms with Gasteiger partial charge in [-0.05, 0) is 106 Å². The molecule has 4 rings (SSSR count). The van der Waals surface area contributed by atoms with Gasteiger partial charge in [-0.1, -0.05) is 35.2 Å². The predicted octanol–water partition coefficient (Wildman–Crippen LogP) is -4.27. The minimum absolute atomic E-state index is 0. The van der Waals surface area contributed by atoms with Crippen LogP contribution in [0.5, 0.6) is 0 Å². The third-order valence-corrected chi connectivity index (χ3v) is 7.67. The first-order valence-corrected chi connectivity index (χ1v) is 19.7. The van der Waals surface area contributed by atoms with E-state index < -0.39 is 11.2 Å². The first-order valence-electron chi connectivity index (χ1n) is 18.5. The number of rotatable bonds is 8. The zero-order chi connectivity index (χ0) is 39.8. The molecule has 0 atom stereocenters. The van der Waals surface area contributed by atoms with Crippen molar-refractivity contribution in [1.82, 2.24) is 25.8 Å². The average Bonchev–Trinajstić information content (AvgIpc) is 3.97. The van der Waals surface area contributed by atoms with Gasteiger partial charge in [-0.3, -0.25) is 4.79 Å². The zero-order valence-corrected chi connectivity index (χ0v) is 42.5. The topological polar surface area (TPSA) is 231 Å². The number of alkyl halides is 1. The molecule has 0 unspecified atom stereocenters. The van der Waals surface area contributed by atoms with Gasteiger partial charge >= 0.3 is 115 Å². The second-order valence-corrected chi connectivity index (χ2v) is 15.5. The number of aliphatic hydroxyl groups is 3. The van der Waals surface area contributed by atoms with Crippen LogP contribution in [0.4, 0.5) is 9.59 Å². The minimum Gasteiger partial charge on any atom is -1.00 e. The number of aliphatic hydroxyl groups excluding tert-OH is 3. The zero-order valence-electron chi connectivity index (χ0n) is 35.7. The van der Waals surface area contributed by atoms with Gasteiger partial charge in [0.2, 0.25) is 0 Å². The van der Waals surface area contributed by atoms with E-state index in [2.05, 4.69) is 46.6 Å². The molecule has 4 aliphatic rings. The van der Waals surface area contributed by atoms with E-state index in [4.69, 9.17) is 40.6 Å². The fraction of sp³-hybridized carbons (Fsp3) is 0.914. The number of carbonyl (C=O) groups is 3. The summed E-state index contributed by atoms with van der Waals surface area (Å²) < 4.78 is 10.4. The molecular weight excluding hydrogens is 823 g/mol. The van der Waals surface area contributed by atoms with Crippen molar-refractivity contribution in [3.05, 3.63) is 0 Å². The number of likely N-dealkylation sites (tertiary alicyclic amines) is 2. The Bertz CT molecular complexity index is 873. The van der Waals surface area contributed by atoms with Crippen LogP contribution in [-0.2, 0) is 19.2 Å². The van der Waals surface area contributed by atoms with Gasteiger partial charge in [-0.15, -0.1) is 0 Å². The second-order valence-electron chi connectivity index (χ2n) is 14.7. The third kappa shape index (κ3) is 46.1. The molecule has 0 spiro atoms. The summed E-state index contributed by atoms with van der Waals surface area (Å²) in [6.07, 6.45) is 9.83. The maximum Gasteiger partial charge on any atom is 1.00 e. The number of ether oxygens (including phenoxy) is 2. The van der Waals surface area contributed by atoms with E-state index in [0.717, 1.165) is 90.9 Å². The van der Waals surface area contributed by atoms with Crippen LogP contribution in [0.25, 0.3) is 0 Å². The maximum absolute atomic E-state index is 11.5. The molecule has 0 bridgehead atoms. The van der Waals surface area contributed by atoms with E-state index in [-0.39, 0.29) is 155 Å². The summed E-state index contributed by atoms with van der Waals surface area (Å²) >= 11 is 3.00.